The number of nitrogens with zero attached hydrogens (tertiary/aromatic N) is 6. The quantitative estimate of drug-likeness (QED) is 0.0323. The van der Waals surface area contributed by atoms with Crippen LogP contribution >= 0.6 is 47.0 Å². The lowest BCUT2D eigenvalue weighted by Gasteiger charge is -2.24. The molecule has 0 aliphatic carbocycles. The fraction of sp³-hybridized carbons (Fsp3) is 0.457. The van der Waals surface area contributed by atoms with E-state index in [9.17, 15) is 53.7 Å². The number of amides is 4. The molecule has 6 atom stereocenters. The van der Waals surface area contributed by atoms with Crippen molar-refractivity contribution in [1.82, 2.24) is 41.2 Å². The van der Waals surface area contributed by atoms with Crippen LogP contribution in [0.2, 0.25) is 0 Å². The van der Waals surface area contributed by atoms with Crippen LogP contribution in [0.3, 0.4) is 0 Å². The number of carboxylic acids is 4. The maximum absolute atomic E-state index is 14.2. The SMILES string of the molecule is N#CSc1nccnc1C(CC(=O)CC(SCC(NC(=O)CCC(N)C(=O)O)C(=O)NCC(=O)O)c1nccnc1SC#N)SCC(NC(=O)CCC(N)C(=O)O)C(=O)NCC(=O)O. The molecule has 64 heavy (non-hydrogen) atoms. The van der Waals surface area contributed by atoms with Crippen LogP contribution in [-0.4, -0.2) is 142 Å². The Hall–Kier alpha value is -6.11. The molecule has 12 N–H and O–H groups in total. The Bertz CT molecular complexity index is 1970. The number of thiocyanates is 2. The van der Waals surface area contributed by atoms with E-state index in [0.29, 0.717) is 23.5 Å². The van der Waals surface area contributed by atoms with Crippen LogP contribution in [-0.2, 0) is 43.2 Å². The van der Waals surface area contributed by atoms with E-state index in [0.717, 1.165) is 23.5 Å². The summed E-state index contributed by atoms with van der Waals surface area (Å²) in [7, 11) is 0. The van der Waals surface area contributed by atoms with E-state index < -0.39 is 127 Å². The van der Waals surface area contributed by atoms with Gasteiger partial charge in [0.2, 0.25) is 23.6 Å². The highest BCUT2D eigenvalue weighted by molar-refractivity contribution is 8.04. The van der Waals surface area contributed by atoms with E-state index in [1.165, 1.54) is 24.8 Å². The van der Waals surface area contributed by atoms with Crippen molar-refractivity contribution < 1.29 is 63.6 Å². The average molecular weight is 967 g/mol. The summed E-state index contributed by atoms with van der Waals surface area (Å²) >= 11 is 3.03. The van der Waals surface area contributed by atoms with Crippen LogP contribution in [0.1, 0.15) is 60.4 Å². The zero-order valence-electron chi connectivity index (χ0n) is 33.3. The van der Waals surface area contributed by atoms with Gasteiger partial charge in [-0.15, -0.1) is 23.5 Å². The maximum Gasteiger partial charge on any atom is 0.322 e. The van der Waals surface area contributed by atoms with Crippen molar-refractivity contribution in [1.29, 1.82) is 10.5 Å². The third-order valence-corrected chi connectivity index (χ3v) is 12.0. The Morgan fingerprint density at radius 3 is 1.30 bits per heavy atom. The number of thioether (sulfide) groups is 4. The number of nitrogens with two attached hydrogens (primary N) is 2. The molecule has 0 saturated carbocycles. The molecule has 0 spiro atoms. The van der Waals surface area contributed by atoms with E-state index in [1.807, 2.05) is 10.8 Å². The lowest BCUT2D eigenvalue weighted by Crippen LogP contribution is -2.49. The smallest absolute Gasteiger partial charge is 0.322 e. The maximum atomic E-state index is 14.2. The Morgan fingerprint density at radius 1 is 0.609 bits per heavy atom. The first-order valence-corrected chi connectivity index (χ1v) is 22.1. The summed E-state index contributed by atoms with van der Waals surface area (Å²) in [5, 5.41) is 66.5. The second kappa shape index (κ2) is 28.6. The number of hydrogen-bond acceptors (Lipinski definition) is 21. The molecule has 0 bridgehead atoms. The first-order chi connectivity index (χ1) is 30.4. The van der Waals surface area contributed by atoms with Crippen molar-refractivity contribution in [3.8, 4) is 10.8 Å². The minimum atomic E-state index is -1.45. The Morgan fingerprint density at radius 2 is 0.969 bits per heavy atom. The first-order valence-electron chi connectivity index (χ1n) is 18.4. The van der Waals surface area contributed by atoms with Crippen LogP contribution in [0.15, 0.2) is 34.8 Å². The van der Waals surface area contributed by atoms with E-state index in [-0.39, 0.29) is 45.8 Å². The van der Waals surface area contributed by atoms with Gasteiger partial charge in [0.25, 0.3) is 0 Å². The van der Waals surface area contributed by atoms with Crippen LogP contribution in [0.5, 0.6) is 0 Å². The molecule has 0 saturated heterocycles. The molecule has 2 rings (SSSR count). The van der Waals surface area contributed by atoms with Gasteiger partial charge in [-0.1, -0.05) is 0 Å². The third kappa shape index (κ3) is 19.9. The molecule has 29 heteroatoms. The Kier molecular flexibility index (Phi) is 24.1. The molecule has 2 heterocycles. The number of aliphatic carboxylic acids is 4. The highest BCUT2D eigenvalue weighted by Gasteiger charge is 2.32. The third-order valence-electron chi connectivity index (χ3n) is 8.16. The fourth-order valence-electron chi connectivity index (χ4n) is 5.04. The monoisotopic (exact) mass is 966 g/mol. The number of rotatable bonds is 30. The highest BCUT2D eigenvalue weighted by atomic mass is 32.2. The molecule has 2 aromatic heterocycles. The lowest BCUT2D eigenvalue weighted by molar-refractivity contribution is -0.140. The zero-order chi connectivity index (χ0) is 47.8. The van der Waals surface area contributed by atoms with E-state index in [4.69, 9.17) is 31.9 Å². The van der Waals surface area contributed by atoms with Gasteiger partial charge in [0.1, 0.15) is 63.9 Å². The van der Waals surface area contributed by atoms with Crippen molar-refractivity contribution in [2.75, 3.05) is 24.6 Å². The fourth-order valence-corrected chi connectivity index (χ4v) is 8.77. The van der Waals surface area contributed by atoms with Gasteiger partial charge in [-0.3, -0.25) is 53.1 Å². The van der Waals surface area contributed by atoms with Crippen molar-refractivity contribution in [2.45, 2.75) is 83.2 Å². The largest absolute Gasteiger partial charge is 0.480 e. The van der Waals surface area contributed by atoms with Gasteiger partial charge < -0.3 is 53.2 Å². The molecule has 6 unspecified atom stereocenters. The summed E-state index contributed by atoms with van der Waals surface area (Å²) < 4.78 is 0. The number of carbonyl (C=O) groups is 9. The van der Waals surface area contributed by atoms with Gasteiger partial charge in [0.15, 0.2) is 0 Å². The van der Waals surface area contributed by atoms with Gasteiger partial charge in [0, 0.05) is 85.5 Å². The second-order valence-electron chi connectivity index (χ2n) is 12.9. The number of Topliss-reactive ketones (excluding diaryl/α,β-unsaturated/α-hetero) is 1. The number of carboxylic acid groups (broad SMARTS) is 4. The number of carbonyl (C=O) groups excluding carboxylic acids is 5. The summed E-state index contributed by atoms with van der Waals surface area (Å²) in [4.78, 5) is 128. The van der Waals surface area contributed by atoms with Gasteiger partial charge in [0.05, 0.1) is 21.9 Å². The summed E-state index contributed by atoms with van der Waals surface area (Å²) in [6.45, 7) is -1.65. The Balaban J connectivity index is 2.52. The van der Waals surface area contributed by atoms with Gasteiger partial charge in [-0.05, 0) is 12.8 Å². The number of hydrogen-bond donors (Lipinski definition) is 10. The van der Waals surface area contributed by atoms with Crippen LogP contribution < -0.4 is 32.7 Å². The molecular formula is C35H42N12O13S4. The second-order valence-corrected chi connectivity index (χ2v) is 16.9. The van der Waals surface area contributed by atoms with E-state index >= 15 is 0 Å². The standard InChI is InChI=1S/C35H42N12O13S4/c36-15-63-32-28(40-5-7-42-32)22(61-13-20(30(55)44-11-26(51)52)46-24(49)3-1-18(38)34(57)58)9-17(48)10-23(29-33(64-16-37)43-8-6-41-29)62-14-21(31(56)45-12-27(53)54)47-25(50)4-2-19(39)35(59)60/h5-8,18-23H,1-4,9-14,38-39H2,(H,44,55)(H,45,56)(H,46,49)(H,47,50)(H,51,52)(H,53,54)(H,57,58)(H,59,60). The van der Waals surface area contributed by atoms with Crippen molar-refractivity contribution in [3.63, 3.8) is 0 Å². The average Bonchev–Trinajstić information content (AvgIpc) is 3.25. The van der Waals surface area contributed by atoms with Gasteiger partial charge in [-0.2, -0.15) is 10.5 Å². The number of nitriles is 2. The molecule has 0 radical (unpaired) electrons. The molecule has 0 aromatic carbocycles. The molecule has 4 amide bonds. The van der Waals surface area contributed by atoms with E-state index in [2.05, 4.69) is 41.2 Å². The number of nitrogens with one attached hydrogen (secondary N) is 4. The lowest BCUT2D eigenvalue weighted by atomic mass is 10.1. The van der Waals surface area contributed by atoms with E-state index in [1.54, 1.807) is 0 Å². The predicted octanol–water partition coefficient (Wildman–Crippen LogP) is -1.23. The minimum Gasteiger partial charge on any atom is -0.480 e. The first kappa shape index (κ1) is 54.0. The highest BCUT2D eigenvalue weighted by Crippen LogP contribution is 2.40. The van der Waals surface area contributed by atoms with Gasteiger partial charge in [-0.25, -0.2) is 9.97 Å². The summed E-state index contributed by atoms with van der Waals surface area (Å²) in [6, 6.07) is -5.69. The van der Waals surface area contributed by atoms with Crippen molar-refractivity contribution in [2.24, 2.45) is 11.5 Å². The Labute approximate surface area is 380 Å². The molecule has 2 aromatic rings. The summed E-state index contributed by atoms with van der Waals surface area (Å²) in [5.41, 5.74) is 11.2. The van der Waals surface area contributed by atoms with Crippen LogP contribution in [0.25, 0.3) is 0 Å². The number of ketones is 1. The molecule has 25 nitrogen and oxygen atoms in total. The van der Waals surface area contributed by atoms with Gasteiger partial charge >= 0.3 is 23.9 Å². The topological polar surface area (TPSA) is 434 Å². The number of aromatic nitrogens is 4. The van der Waals surface area contributed by atoms with Crippen LogP contribution in [0.4, 0.5) is 0 Å². The van der Waals surface area contributed by atoms with Crippen LogP contribution in [0, 0.1) is 21.3 Å². The molecule has 0 aliphatic heterocycles. The normalized spacial score (nSPS) is 13.5. The summed E-state index contributed by atoms with van der Waals surface area (Å²) in [6.07, 6.45) is 2.87. The molecule has 344 valence electrons. The zero-order valence-corrected chi connectivity index (χ0v) is 36.5. The van der Waals surface area contributed by atoms with Crippen molar-refractivity contribution >= 4 is 100 Å². The minimum absolute atomic E-state index is 0.0803. The predicted molar refractivity (Wildman–Crippen MR) is 226 cm³/mol. The molecule has 0 aliphatic rings. The molecule has 0 fully saturated rings. The molecular weight excluding hydrogens is 925 g/mol. The summed E-state index contributed by atoms with van der Waals surface area (Å²) in [5.74, 6) is -10.2. The van der Waals surface area contributed by atoms with Crippen molar-refractivity contribution in [3.05, 3.63) is 36.2 Å².